The highest BCUT2D eigenvalue weighted by Gasteiger charge is 2.25. The van der Waals surface area contributed by atoms with Crippen molar-refractivity contribution in [3.63, 3.8) is 0 Å². The van der Waals surface area contributed by atoms with Crippen LogP contribution in [0.15, 0.2) is 0 Å². The maximum Gasteiger partial charge on any atom is 0.234 e. The smallest absolute Gasteiger partial charge is 0.234 e. The molecule has 2 N–H and O–H groups in total. The van der Waals surface area contributed by atoms with Crippen molar-refractivity contribution in [2.24, 2.45) is 5.92 Å². The molecule has 0 aromatic carbocycles. The molecular weight excluding hydrogens is 180 g/mol. The third-order valence-corrected chi connectivity index (χ3v) is 2.73. The van der Waals surface area contributed by atoms with Crippen LogP contribution in [0.5, 0.6) is 0 Å². The molecule has 0 heterocycles. The van der Waals surface area contributed by atoms with Gasteiger partial charge in [-0.15, -0.1) is 0 Å². The van der Waals surface area contributed by atoms with Gasteiger partial charge in [0.2, 0.25) is 5.91 Å². The van der Waals surface area contributed by atoms with Crippen molar-refractivity contribution in [1.82, 2.24) is 5.32 Å². The van der Waals surface area contributed by atoms with E-state index in [0.717, 1.165) is 25.7 Å². The van der Waals surface area contributed by atoms with Gasteiger partial charge in [-0.3, -0.25) is 4.79 Å². The highest BCUT2D eigenvalue weighted by molar-refractivity contribution is 5.78. The quantitative estimate of drug-likeness (QED) is 0.693. The molecular formula is C10H16N2O2. The summed E-state index contributed by atoms with van der Waals surface area (Å²) in [6.45, 7) is 0.123. The zero-order chi connectivity index (χ0) is 10.4. The summed E-state index contributed by atoms with van der Waals surface area (Å²) in [6, 6.07) is 1.88. The van der Waals surface area contributed by atoms with Crippen molar-refractivity contribution >= 4 is 5.91 Å². The largest absolute Gasteiger partial charge is 0.396 e. The molecule has 1 aliphatic rings. The van der Waals surface area contributed by atoms with E-state index in [4.69, 9.17) is 10.4 Å². The molecule has 1 aliphatic carbocycles. The Morgan fingerprint density at radius 3 is 2.86 bits per heavy atom. The maximum atomic E-state index is 11.2. The highest BCUT2D eigenvalue weighted by atomic mass is 16.3. The van der Waals surface area contributed by atoms with E-state index in [-0.39, 0.29) is 30.9 Å². The maximum absolute atomic E-state index is 11.2. The fraction of sp³-hybridized carbons (Fsp3) is 0.800. The number of hydrogen-bond acceptors (Lipinski definition) is 3. The number of amides is 1. The molecule has 1 rings (SSSR count). The fourth-order valence-corrected chi connectivity index (χ4v) is 1.95. The third-order valence-electron chi connectivity index (χ3n) is 2.73. The average Bonchev–Trinajstić information content (AvgIpc) is 2.19. The van der Waals surface area contributed by atoms with E-state index in [2.05, 4.69) is 5.32 Å². The van der Waals surface area contributed by atoms with Crippen LogP contribution in [0.4, 0.5) is 0 Å². The molecule has 78 valence electrons. The number of nitrogens with zero attached hydrogens (tertiary/aromatic N) is 1. The number of aliphatic hydroxyl groups excluding tert-OH is 1. The zero-order valence-corrected chi connectivity index (χ0v) is 8.20. The fourth-order valence-electron chi connectivity index (χ4n) is 1.95. The first-order chi connectivity index (χ1) is 6.77. The Hall–Kier alpha value is -1.08. The third kappa shape index (κ3) is 3.00. The molecule has 2 unspecified atom stereocenters. The zero-order valence-electron chi connectivity index (χ0n) is 8.20. The van der Waals surface area contributed by atoms with Gasteiger partial charge in [0.05, 0.1) is 6.07 Å². The molecule has 0 radical (unpaired) electrons. The van der Waals surface area contributed by atoms with Gasteiger partial charge in [0.15, 0.2) is 0 Å². The number of rotatable bonds is 3. The minimum absolute atomic E-state index is 0.0644. The van der Waals surface area contributed by atoms with Crippen LogP contribution in [0.25, 0.3) is 0 Å². The SMILES string of the molecule is N#CCC(=O)NC1CCCCC1CO. The second-order valence-corrected chi connectivity index (χ2v) is 3.74. The number of nitriles is 1. The summed E-state index contributed by atoms with van der Waals surface area (Å²) in [7, 11) is 0. The van der Waals surface area contributed by atoms with E-state index >= 15 is 0 Å². The highest BCUT2D eigenvalue weighted by Crippen LogP contribution is 2.23. The van der Waals surface area contributed by atoms with Crippen molar-refractivity contribution in [1.29, 1.82) is 5.26 Å². The van der Waals surface area contributed by atoms with Gasteiger partial charge < -0.3 is 10.4 Å². The normalized spacial score (nSPS) is 26.6. The molecule has 0 bridgehead atoms. The topological polar surface area (TPSA) is 73.1 Å². The lowest BCUT2D eigenvalue weighted by Gasteiger charge is -2.30. The van der Waals surface area contributed by atoms with Crippen LogP contribution >= 0.6 is 0 Å². The Morgan fingerprint density at radius 2 is 2.21 bits per heavy atom. The van der Waals surface area contributed by atoms with Gasteiger partial charge in [-0.25, -0.2) is 0 Å². The van der Waals surface area contributed by atoms with Crippen LogP contribution in [0.1, 0.15) is 32.1 Å². The molecule has 0 aromatic heterocycles. The summed E-state index contributed by atoms with van der Waals surface area (Å²) in [5, 5.41) is 20.2. The van der Waals surface area contributed by atoms with Crippen LogP contribution in [0.3, 0.4) is 0 Å². The van der Waals surface area contributed by atoms with Crippen molar-refractivity contribution in [3.8, 4) is 6.07 Å². The van der Waals surface area contributed by atoms with E-state index < -0.39 is 0 Å². The second kappa shape index (κ2) is 5.61. The summed E-state index contributed by atoms with van der Waals surface area (Å²) in [5.74, 6) is -0.0516. The van der Waals surface area contributed by atoms with Crippen LogP contribution in [0, 0.1) is 17.2 Å². The Kier molecular flexibility index (Phi) is 4.41. The van der Waals surface area contributed by atoms with E-state index in [1.807, 2.05) is 6.07 Å². The van der Waals surface area contributed by atoms with Crippen LogP contribution in [0.2, 0.25) is 0 Å². The molecule has 0 aromatic rings. The summed E-state index contributed by atoms with van der Waals surface area (Å²) < 4.78 is 0. The molecule has 0 aliphatic heterocycles. The molecule has 4 heteroatoms. The summed E-state index contributed by atoms with van der Waals surface area (Å²) >= 11 is 0. The predicted octanol–water partition coefficient (Wildman–Crippen LogP) is 0.567. The summed E-state index contributed by atoms with van der Waals surface area (Å²) in [6.07, 6.45) is 4.01. The standard InChI is InChI=1S/C10H16N2O2/c11-6-5-10(14)12-9-4-2-1-3-8(9)7-13/h8-9,13H,1-5,7H2,(H,12,14). The van der Waals surface area contributed by atoms with E-state index in [9.17, 15) is 4.79 Å². The first-order valence-electron chi connectivity index (χ1n) is 5.05. The Bertz CT molecular complexity index is 235. The molecule has 0 saturated heterocycles. The monoisotopic (exact) mass is 196 g/mol. The number of nitrogens with one attached hydrogen (secondary N) is 1. The van der Waals surface area contributed by atoms with Gasteiger partial charge in [0.25, 0.3) is 0 Å². The van der Waals surface area contributed by atoms with Gasteiger partial charge in [-0.2, -0.15) is 5.26 Å². The molecule has 0 spiro atoms. The minimum Gasteiger partial charge on any atom is -0.396 e. The lowest BCUT2D eigenvalue weighted by Crippen LogP contribution is -2.43. The molecule has 1 saturated carbocycles. The first-order valence-corrected chi connectivity index (χ1v) is 5.05. The molecule has 14 heavy (non-hydrogen) atoms. The van der Waals surface area contributed by atoms with Gasteiger partial charge in [-0.05, 0) is 12.8 Å². The van der Waals surface area contributed by atoms with Crippen molar-refractivity contribution in [2.75, 3.05) is 6.61 Å². The van der Waals surface area contributed by atoms with Crippen molar-refractivity contribution in [3.05, 3.63) is 0 Å². The molecule has 2 atom stereocenters. The van der Waals surface area contributed by atoms with Crippen LogP contribution < -0.4 is 5.32 Å². The number of carbonyl (C=O) groups is 1. The Morgan fingerprint density at radius 1 is 1.50 bits per heavy atom. The number of aliphatic hydroxyl groups is 1. The lowest BCUT2D eigenvalue weighted by molar-refractivity contribution is -0.121. The second-order valence-electron chi connectivity index (χ2n) is 3.74. The van der Waals surface area contributed by atoms with Crippen LogP contribution in [-0.4, -0.2) is 23.7 Å². The number of hydrogen-bond donors (Lipinski definition) is 2. The first kappa shape index (κ1) is 11.0. The molecule has 1 amide bonds. The van der Waals surface area contributed by atoms with E-state index in [0.29, 0.717) is 0 Å². The molecule has 4 nitrogen and oxygen atoms in total. The molecule has 1 fully saturated rings. The summed E-state index contributed by atoms with van der Waals surface area (Å²) in [4.78, 5) is 11.2. The van der Waals surface area contributed by atoms with Gasteiger partial charge >= 0.3 is 0 Å². The predicted molar refractivity (Wildman–Crippen MR) is 51.2 cm³/mol. The van der Waals surface area contributed by atoms with Crippen molar-refractivity contribution in [2.45, 2.75) is 38.1 Å². The van der Waals surface area contributed by atoms with Gasteiger partial charge in [0.1, 0.15) is 6.42 Å². The summed E-state index contributed by atoms with van der Waals surface area (Å²) in [5.41, 5.74) is 0. The van der Waals surface area contributed by atoms with Crippen molar-refractivity contribution < 1.29 is 9.90 Å². The number of carbonyl (C=O) groups excluding carboxylic acids is 1. The van der Waals surface area contributed by atoms with Crippen LogP contribution in [-0.2, 0) is 4.79 Å². The Balaban J connectivity index is 2.40. The lowest BCUT2D eigenvalue weighted by atomic mass is 9.85. The van der Waals surface area contributed by atoms with E-state index in [1.54, 1.807) is 0 Å². The van der Waals surface area contributed by atoms with Gasteiger partial charge in [0, 0.05) is 18.6 Å². The van der Waals surface area contributed by atoms with Gasteiger partial charge in [-0.1, -0.05) is 12.8 Å². The minimum atomic E-state index is -0.224. The average molecular weight is 196 g/mol. The van der Waals surface area contributed by atoms with E-state index in [1.165, 1.54) is 0 Å². The Labute approximate surface area is 83.9 Å².